The van der Waals surface area contributed by atoms with E-state index in [0.29, 0.717) is 19.0 Å². The summed E-state index contributed by atoms with van der Waals surface area (Å²) in [6.45, 7) is 5.22. The second-order valence-electron chi connectivity index (χ2n) is 5.58. The fraction of sp³-hybridized carbons (Fsp3) is 0.643. The van der Waals surface area contributed by atoms with Crippen molar-refractivity contribution in [2.75, 3.05) is 13.1 Å². The minimum atomic E-state index is -0.574. The Labute approximate surface area is 111 Å². The molecular weight excluding hydrogens is 246 g/mol. The van der Waals surface area contributed by atoms with Gasteiger partial charge in [-0.2, -0.15) is 0 Å². The van der Waals surface area contributed by atoms with Crippen LogP contribution in [0.1, 0.15) is 39.9 Å². The van der Waals surface area contributed by atoms with Crippen LogP contribution in [-0.4, -0.2) is 34.6 Å². The number of rotatable bonds is 3. The molecule has 0 atom stereocenters. The van der Waals surface area contributed by atoms with E-state index < -0.39 is 5.60 Å². The van der Waals surface area contributed by atoms with E-state index in [9.17, 15) is 9.90 Å². The molecular formula is C14H19NO2S. The van der Waals surface area contributed by atoms with Gasteiger partial charge in [0.2, 0.25) is 0 Å². The zero-order valence-corrected chi connectivity index (χ0v) is 11.7. The van der Waals surface area contributed by atoms with E-state index in [-0.39, 0.29) is 5.91 Å². The van der Waals surface area contributed by atoms with Crippen LogP contribution < -0.4 is 0 Å². The SMILES string of the molecule is CCc1cc(C(=O)N2CC(O)(C3CC3)C2)sc1C. The maximum absolute atomic E-state index is 12.3. The summed E-state index contributed by atoms with van der Waals surface area (Å²) < 4.78 is 0. The molecule has 0 spiro atoms. The van der Waals surface area contributed by atoms with Crippen LogP contribution in [0.4, 0.5) is 0 Å². The van der Waals surface area contributed by atoms with Gasteiger partial charge in [-0.1, -0.05) is 6.92 Å². The molecule has 1 N–H and O–H groups in total. The number of carbonyl (C=O) groups excluding carboxylic acids is 1. The van der Waals surface area contributed by atoms with Crippen molar-refractivity contribution in [3.63, 3.8) is 0 Å². The van der Waals surface area contributed by atoms with Gasteiger partial charge in [-0.05, 0) is 43.7 Å². The lowest BCUT2D eigenvalue weighted by molar-refractivity contribution is -0.0956. The fourth-order valence-electron chi connectivity index (χ4n) is 2.77. The summed E-state index contributed by atoms with van der Waals surface area (Å²) >= 11 is 1.58. The standard InChI is InChI=1S/C14H19NO2S/c1-3-10-6-12(18-9(10)2)13(16)15-7-14(17,8-15)11-4-5-11/h6,11,17H,3-5,7-8H2,1-2H3. The molecule has 2 fully saturated rings. The largest absolute Gasteiger partial charge is 0.386 e. The van der Waals surface area contributed by atoms with E-state index in [1.165, 1.54) is 10.4 Å². The zero-order valence-electron chi connectivity index (χ0n) is 10.9. The quantitative estimate of drug-likeness (QED) is 0.910. The molecule has 1 aromatic rings. The molecule has 0 aromatic carbocycles. The highest BCUT2D eigenvalue weighted by atomic mass is 32.1. The highest BCUT2D eigenvalue weighted by molar-refractivity contribution is 7.14. The number of aliphatic hydroxyl groups is 1. The maximum Gasteiger partial charge on any atom is 0.264 e. The third kappa shape index (κ3) is 1.88. The number of β-amino-alcohol motifs (C(OH)–C–C–N with tert-alkyl or cyclic N) is 1. The van der Waals surface area contributed by atoms with E-state index in [2.05, 4.69) is 13.8 Å². The van der Waals surface area contributed by atoms with Gasteiger partial charge in [0.25, 0.3) is 5.91 Å². The van der Waals surface area contributed by atoms with Crippen LogP contribution in [0.5, 0.6) is 0 Å². The molecule has 0 radical (unpaired) electrons. The molecule has 98 valence electrons. The average Bonchev–Trinajstić information content (AvgIpc) is 3.08. The number of nitrogens with zero attached hydrogens (tertiary/aromatic N) is 1. The first-order valence-electron chi connectivity index (χ1n) is 6.64. The van der Waals surface area contributed by atoms with Crippen molar-refractivity contribution in [2.24, 2.45) is 5.92 Å². The maximum atomic E-state index is 12.3. The van der Waals surface area contributed by atoms with Crippen LogP contribution in [0.2, 0.25) is 0 Å². The molecule has 2 aliphatic rings. The molecule has 1 aromatic heterocycles. The van der Waals surface area contributed by atoms with Gasteiger partial charge in [0, 0.05) is 4.88 Å². The fourth-order valence-corrected chi connectivity index (χ4v) is 3.85. The van der Waals surface area contributed by atoms with Crippen LogP contribution >= 0.6 is 11.3 Å². The van der Waals surface area contributed by atoms with Crippen LogP contribution in [0.15, 0.2) is 6.07 Å². The second-order valence-corrected chi connectivity index (χ2v) is 6.84. The van der Waals surface area contributed by atoms with Crippen molar-refractivity contribution in [3.05, 3.63) is 21.4 Å². The van der Waals surface area contributed by atoms with Gasteiger partial charge in [0.05, 0.1) is 18.0 Å². The summed E-state index contributed by atoms with van der Waals surface area (Å²) in [5.41, 5.74) is 0.691. The summed E-state index contributed by atoms with van der Waals surface area (Å²) in [5.74, 6) is 0.533. The molecule has 1 saturated carbocycles. The average molecular weight is 265 g/mol. The van der Waals surface area contributed by atoms with Crippen LogP contribution in [0, 0.1) is 12.8 Å². The van der Waals surface area contributed by atoms with Crippen LogP contribution in [0.3, 0.4) is 0 Å². The van der Waals surface area contributed by atoms with E-state index in [1.54, 1.807) is 16.2 Å². The Morgan fingerprint density at radius 2 is 2.22 bits per heavy atom. The Hall–Kier alpha value is -0.870. The Balaban J connectivity index is 1.68. The zero-order chi connectivity index (χ0) is 12.9. The molecule has 2 heterocycles. The van der Waals surface area contributed by atoms with Gasteiger partial charge in [0.15, 0.2) is 0 Å². The summed E-state index contributed by atoms with van der Waals surface area (Å²) in [6, 6.07) is 2.01. The predicted octanol–water partition coefficient (Wildman–Crippen LogP) is 2.22. The normalized spacial score (nSPS) is 21.8. The number of hydrogen-bond donors (Lipinski definition) is 1. The molecule has 0 unspecified atom stereocenters. The monoisotopic (exact) mass is 265 g/mol. The minimum Gasteiger partial charge on any atom is -0.386 e. The van der Waals surface area contributed by atoms with Gasteiger partial charge in [-0.15, -0.1) is 11.3 Å². The van der Waals surface area contributed by atoms with Crippen molar-refractivity contribution in [2.45, 2.75) is 38.7 Å². The highest BCUT2D eigenvalue weighted by Crippen LogP contribution is 2.45. The van der Waals surface area contributed by atoms with Gasteiger partial charge in [-0.25, -0.2) is 0 Å². The third-order valence-corrected chi connectivity index (χ3v) is 5.25. The second kappa shape index (κ2) is 4.07. The van der Waals surface area contributed by atoms with Crippen molar-refractivity contribution in [3.8, 4) is 0 Å². The lowest BCUT2D eigenvalue weighted by Crippen LogP contribution is -2.64. The van der Waals surface area contributed by atoms with Gasteiger partial charge in [0.1, 0.15) is 5.60 Å². The number of amides is 1. The lowest BCUT2D eigenvalue weighted by atomic mass is 9.88. The van der Waals surface area contributed by atoms with Crippen LogP contribution in [0.25, 0.3) is 0 Å². The Bertz CT molecular complexity index is 484. The summed E-state index contributed by atoms with van der Waals surface area (Å²) in [5, 5.41) is 10.2. The van der Waals surface area contributed by atoms with Gasteiger partial charge >= 0.3 is 0 Å². The van der Waals surface area contributed by atoms with Crippen molar-refractivity contribution < 1.29 is 9.90 Å². The first-order valence-corrected chi connectivity index (χ1v) is 7.46. The summed E-state index contributed by atoms with van der Waals surface area (Å²) in [7, 11) is 0. The molecule has 1 aliphatic heterocycles. The molecule has 4 heteroatoms. The molecule has 3 rings (SSSR count). The van der Waals surface area contributed by atoms with E-state index >= 15 is 0 Å². The van der Waals surface area contributed by atoms with Crippen molar-refractivity contribution >= 4 is 17.2 Å². The number of carbonyl (C=O) groups is 1. The smallest absolute Gasteiger partial charge is 0.264 e. The predicted molar refractivity (Wildman–Crippen MR) is 72.0 cm³/mol. The van der Waals surface area contributed by atoms with Crippen molar-refractivity contribution in [1.82, 2.24) is 4.90 Å². The van der Waals surface area contributed by atoms with Crippen molar-refractivity contribution in [1.29, 1.82) is 0 Å². The summed E-state index contributed by atoms with van der Waals surface area (Å²) in [4.78, 5) is 16.1. The first-order chi connectivity index (χ1) is 8.53. The van der Waals surface area contributed by atoms with Gasteiger partial charge in [-0.3, -0.25) is 4.79 Å². The molecule has 1 amide bonds. The first kappa shape index (κ1) is 12.2. The van der Waals surface area contributed by atoms with E-state index in [4.69, 9.17) is 0 Å². The topological polar surface area (TPSA) is 40.5 Å². The molecule has 18 heavy (non-hydrogen) atoms. The number of thiophene rings is 1. The van der Waals surface area contributed by atoms with E-state index in [0.717, 1.165) is 24.1 Å². The van der Waals surface area contributed by atoms with E-state index in [1.807, 2.05) is 6.07 Å². The highest BCUT2D eigenvalue weighted by Gasteiger charge is 2.53. The Morgan fingerprint density at radius 3 is 2.72 bits per heavy atom. The Kier molecular flexibility index (Phi) is 2.75. The summed E-state index contributed by atoms with van der Waals surface area (Å²) in [6.07, 6.45) is 3.22. The number of aryl methyl sites for hydroxylation is 2. The third-order valence-electron chi connectivity index (χ3n) is 4.17. The molecule has 0 bridgehead atoms. The minimum absolute atomic E-state index is 0.0909. The molecule has 1 aliphatic carbocycles. The van der Waals surface area contributed by atoms with Crippen LogP contribution in [-0.2, 0) is 6.42 Å². The molecule has 1 saturated heterocycles. The number of likely N-dealkylation sites (tertiary alicyclic amines) is 1. The lowest BCUT2D eigenvalue weighted by Gasteiger charge is -2.46. The number of hydrogen-bond acceptors (Lipinski definition) is 3. The molecule has 3 nitrogen and oxygen atoms in total. The Morgan fingerprint density at radius 1 is 1.56 bits per heavy atom. The van der Waals surface area contributed by atoms with Gasteiger partial charge < -0.3 is 10.0 Å².